The molecular formula is C23H25NO4. The Labute approximate surface area is 165 Å². The molecule has 5 heteroatoms. The van der Waals surface area contributed by atoms with Crippen molar-refractivity contribution in [2.24, 2.45) is 0 Å². The zero-order chi connectivity index (χ0) is 19.6. The molecule has 0 aromatic heterocycles. The second-order valence-electron chi connectivity index (χ2n) is 7.78. The molecule has 0 unspecified atom stereocenters. The Kier molecular flexibility index (Phi) is 5.07. The van der Waals surface area contributed by atoms with Gasteiger partial charge in [0.05, 0.1) is 0 Å². The van der Waals surface area contributed by atoms with E-state index in [2.05, 4.69) is 43.3 Å². The van der Waals surface area contributed by atoms with Gasteiger partial charge in [-0.1, -0.05) is 60.2 Å². The van der Waals surface area contributed by atoms with Crippen LogP contribution in [-0.4, -0.2) is 42.3 Å². The quantitative estimate of drug-likeness (QED) is 0.752. The van der Waals surface area contributed by atoms with Crippen LogP contribution in [0.25, 0.3) is 0 Å². The molecule has 0 saturated carbocycles. The van der Waals surface area contributed by atoms with Gasteiger partial charge in [0.15, 0.2) is 5.60 Å². The number of hydrogen-bond acceptors (Lipinski definition) is 4. The van der Waals surface area contributed by atoms with Crippen molar-refractivity contribution >= 4 is 12.1 Å². The SMILES string of the molecule is Cc1ccc([C@@H](CC(=O)N2CCC3(CC2)COC(=O)O3)c2ccccc2)cc1. The fraction of sp³-hybridized carbons (Fsp3) is 0.391. The van der Waals surface area contributed by atoms with Crippen LogP contribution in [-0.2, 0) is 14.3 Å². The lowest BCUT2D eigenvalue weighted by molar-refractivity contribution is -0.134. The van der Waals surface area contributed by atoms with Crippen LogP contribution in [0.2, 0.25) is 0 Å². The first-order valence-corrected chi connectivity index (χ1v) is 9.80. The Bertz CT molecular complexity index is 839. The van der Waals surface area contributed by atoms with E-state index in [1.54, 1.807) is 0 Å². The number of amides is 1. The molecule has 1 amide bonds. The van der Waals surface area contributed by atoms with E-state index >= 15 is 0 Å². The Morgan fingerprint density at radius 3 is 2.29 bits per heavy atom. The maximum atomic E-state index is 13.1. The van der Waals surface area contributed by atoms with E-state index in [-0.39, 0.29) is 11.8 Å². The largest absolute Gasteiger partial charge is 0.509 e. The second kappa shape index (κ2) is 7.66. The zero-order valence-corrected chi connectivity index (χ0v) is 16.1. The lowest BCUT2D eigenvalue weighted by Crippen LogP contribution is -2.48. The lowest BCUT2D eigenvalue weighted by Gasteiger charge is -2.36. The molecule has 5 nitrogen and oxygen atoms in total. The summed E-state index contributed by atoms with van der Waals surface area (Å²) in [6.07, 6.45) is 1.09. The maximum absolute atomic E-state index is 13.1. The van der Waals surface area contributed by atoms with Crippen molar-refractivity contribution < 1.29 is 19.1 Å². The Balaban J connectivity index is 1.47. The predicted molar refractivity (Wildman–Crippen MR) is 105 cm³/mol. The summed E-state index contributed by atoms with van der Waals surface area (Å²) in [5.74, 6) is 0.160. The molecule has 2 saturated heterocycles. The number of nitrogens with zero attached hydrogens (tertiary/aromatic N) is 1. The number of likely N-dealkylation sites (tertiary alicyclic amines) is 1. The summed E-state index contributed by atoms with van der Waals surface area (Å²) in [5, 5.41) is 0. The fourth-order valence-corrected chi connectivity index (χ4v) is 4.05. The molecule has 2 heterocycles. The number of ether oxygens (including phenoxy) is 2. The van der Waals surface area contributed by atoms with E-state index in [9.17, 15) is 9.59 Å². The third-order valence-electron chi connectivity index (χ3n) is 5.84. The monoisotopic (exact) mass is 379 g/mol. The van der Waals surface area contributed by atoms with Gasteiger partial charge in [-0.25, -0.2) is 4.79 Å². The van der Waals surface area contributed by atoms with Crippen molar-refractivity contribution in [1.82, 2.24) is 4.90 Å². The first-order chi connectivity index (χ1) is 13.5. The molecule has 0 radical (unpaired) electrons. The van der Waals surface area contributed by atoms with Crippen molar-refractivity contribution in [3.05, 3.63) is 71.3 Å². The van der Waals surface area contributed by atoms with Crippen LogP contribution in [0.4, 0.5) is 4.79 Å². The van der Waals surface area contributed by atoms with E-state index in [0.717, 1.165) is 11.1 Å². The van der Waals surface area contributed by atoms with Crippen LogP contribution in [0.15, 0.2) is 54.6 Å². The molecule has 2 aliphatic rings. The average Bonchev–Trinajstić information content (AvgIpc) is 3.08. The van der Waals surface area contributed by atoms with Gasteiger partial charge in [-0.15, -0.1) is 0 Å². The number of benzene rings is 2. The lowest BCUT2D eigenvalue weighted by atomic mass is 9.87. The van der Waals surface area contributed by atoms with Crippen molar-refractivity contribution in [2.45, 2.75) is 37.7 Å². The van der Waals surface area contributed by atoms with Crippen LogP contribution in [0.5, 0.6) is 0 Å². The van der Waals surface area contributed by atoms with Gasteiger partial charge in [-0.05, 0) is 18.1 Å². The number of cyclic esters (lactones) is 1. The van der Waals surface area contributed by atoms with Crippen LogP contribution in [0, 0.1) is 6.92 Å². The minimum Gasteiger partial charge on any atom is -0.430 e. The molecular weight excluding hydrogens is 354 g/mol. The van der Waals surface area contributed by atoms with Crippen LogP contribution in [0.3, 0.4) is 0 Å². The maximum Gasteiger partial charge on any atom is 0.509 e. The zero-order valence-electron chi connectivity index (χ0n) is 16.1. The highest BCUT2D eigenvalue weighted by Crippen LogP contribution is 2.33. The Morgan fingerprint density at radius 2 is 1.68 bits per heavy atom. The van der Waals surface area contributed by atoms with Gasteiger partial charge in [-0.2, -0.15) is 0 Å². The standard InChI is InChI=1S/C23H25NO4/c1-17-7-9-19(10-8-17)20(18-5-3-2-4-6-18)15-21(25)24-13-11-23(12-14-24)16-27-22(26)28-23/h2-10,20H,11-16H2,1H3/t20-/m0/s1. The number of hydrogen-bond donors (Lipinski definition) is 0. The minimum absolute atomic E-state index is 0.0258. The number of piperidine rings is 1. The van der Waals surface area contributed by atoms with E-state index < -0.39 is 11.8 Å². The van der Waals surface area contributed by atoms with E-state index in [1.165, 1.54) is 5.56 Å². The van der Waals surface area contributed by atoms with E-state index in [1.807, 2.05) is 23.1 Å². The third kappa shape index (κ3) is 3.88. The van der Waals surface area contributed by atoms with Gasteiger partial charge in [-0.3, -0.25) is 4.79 Å². The molecule has 1 atom stereocenters. The molecule has 28 heavy (non-hydrogen) atoms. The molecule has 1 spiro atoms. The van der Waals surface area contributed by atoms with Crippen LogP contribution < -0.4 is 0 Å². The predicted octanol–water partition coefficient (Wildman–Crippen LogP) is 4.05. The molecule has 2 aliphatic heterocycles. The van der Waals surface area contributed by atoms with Gasteiger partial charge in [0.1, 0.15) is 6.61 Å². The number of carbonyl (C=O) groups is 2. The van der Waals surface area contributed by atoms with Gasteiger partial charge < -0.3 is 14.4 Å². The van der Waals surface area contributed by atoms with Gasteiger partial charge in [0.25, 0.3) is 0 Å². The molecule has 2 aromatic carbocycles. The van der Waals surface area contributed by atoms with Gasteiger partial charge in [0.2, 0.25) is 5.91 Å². The summed E-state index contributed by atoms with van der Waals surface area (Å²) in [4.78, 5) is 26.3. The highest BCUT2D eigenvalue weighted by atomic mass is 16.8. The normalized spacial score (nSPS) is 19.2. The summed E-state index contributed by atoms with van der Waals surface area (Å²) in [7, 11) is 0. The van der Waals surface area contributed by atoms with Crippen LogP contribution in [0.1, 0.15) is 41.9 Å². The van der Waals surface area contributed by atoms with Crippen molar-refractivity contribution in [2.75, 3.05) is 19.7 Å². The first kappa shape index (κ1) is 18.5. The highest BCUT2D eigenvalue weighted by molar-refractivity contribution is 5.78. The smallest absolute Gasteiger partial charge is 0.430 e. The summed E-state index contributed by atoms with van der Waals surface area (Å²) >= 11 is 0. The highest BCUT2D eigenvalue weighted by Gasteiger charge is 2.45. The minimum atomic E-state index is -0.594. The molecule has 146 valence electrons. The molecule has 2 aromatic rings. The summed E-state index contributed by atoms with van der Waals surface area (Å²) < 4.78 is 10.3. The third-order valence-corrected chi connectivity index (χ3v) is 5.84. The number of rotatable bonds is 4. The summed E-state index contributed by atoms with van der Waals surface area (Å²) in [6, 6.07) is 18.6. The molecule has 4 rings (SSSR count). The van der Waals surface area contributed by atoms with Gasteiger partial charge >= 0.3 is 6.16 Å². The van der Waals surface area contributed by atoms with E-state index in [0.29, 0.717) is 39.0 Å². The average molecular weight is 379 g/mol. The number of carbonyl (C=O) groups excluding carboxylic acids is 2. The second-order valence-corrected chi connectivity index (χ2v) is 7.78. The molecule has 2 fully saturated rings. The molecule has 0 N–H and O–H groups in total. The van der Waals surface area contributed by atoms with Crippen molar-refractivity contribution in [3.8, 4) is 0 Å². The number of aryl methyl sites for hydroxylation is 1. The van der Waals surface area contributed by atoms with Gasteiger partial charge in [0, 0.05) is 38.3 Å². The van der Waals surface area contributed by atoms with Crippen LogP contribution >= 0.6 is 0 Å². The summed E-state index contributed by atoms with van der Waals surface area (Å²) in [6.45, 7) is 3.54. The Hall–Kier alpha value is -2.82. The summed E-state index contributed by atoms with van der Waals surface area (Å²) in [5.41, 5.74) is 2.96. The Morgan fingerprint density at radius 1 is 1.04 bits per heavy atom. The fourth-order valence-electron chi connectivity index (χ4n) is 4.05. The molecule has 0 bridgehead atoms. The van der Waals surface area contributed by atoms with Crippen molar-refractivity contribution in [3.63, 3.8) is 0 Å². The first-order valence-electron chi connectivity index (χ1n) is 9.80. The van der Waals surface area contributed by atoms with E-state index in [4.69, 9.17) is 9.47 Å². The topological polar surface area (TPSA) is 55.8 Å². The van der Waals surface area contributed by atoms with Crippen molar-refractivity contribution in [1.29, 1.82) is 0 Å². The molecule has 0 aliphatic carbocycles.